The van der Waals surface area contributed by atoms with E-state index in [1.165, 1.54) is 12.4 Å². The predicted molar refractivity (Wildman–Crippen MR) is 125 cm³/mol. The molecule has 5 rings (SSSR count). The largest absolute Gasteiger partial charge is 0.396 e. The predicted octanol–water partition coefficient (Wildman–Crippen LogP) is 2.21. The Morgan fingerprint density at radius 1 is 1.15 bits per heavy atom. The summed E-state index contributed by atoms with van der Waals surface area (Å²) < 4.78 is 25.8. The summed E-state index contributed by atoms with van der Waals surface area (Å²) in [5, 5.41) is 19.0. The number of aromatic nitrogens is 5. The standard InChI is InChI=1S/C22H25N7O4S/c30-9-1-7-23-18-10-20(25-12-17(18)21(31)14-2-3-14)27-19-6-8-24-22(28-19)15-11-26-29(13-15)34(32,33)16-4-5-16/h6,8,10-14,16,30H,1-5,7,9H2,(H2,23,24,25,27,28). The number of carbonyl (C=O) groups is 1. The summed E-state index contributed by atoms with van der Waals surface area (Å²) in [4.78, 5) is 25.7. The number of hydrogen-bond donors (Lipinski definition) is 3. The topological polar surface area (TPSA) is 152 Å². The highest BCUT2D eigenvalue weighted by molar-refractivity contribution is 7.90. The van der Waals surface area contributed by atoms with E-state index >= 15 is 0 Å². The summed E-state index contributed by atoms with van der Waals surface area (Å²) in [6.45, 7) is 0.577. The maximum absolute atomic E-state index is 12.6. The van der Waals surface area contributed by atoms with Crippen LogP contribution >= 0.6 is 0 Å². The zero-order valence-corrected chi connectivity index (χ0v) is 19.2. The van der Waals surface area contributed by atoms with E-state index < -0.39 is 10.0 Å². The van der Waals surface area contributed by atoms with Crippen LogP contribution in [0.3, 0.4) is 0 Å². The monoisotopic (exact) mass is 483 g/mol. The molecule has 0 saturated heterocycles. The lowest BCUT2D eigenvalue weighted by atomic mass is 10.1. The van der Waals surface area contributed by atoms with Gasteiger partial charge in [-0.15, -0.1) is 0 Å². The van der Waals surface area contributed by atoms with Crippen molar-refractivity contribution in [3.8, 4) is 11.4 Å². The minimum atomic E-state index is -3.46. The molecule has 34 heavy (non-hydrogen) atoms. The van der Waals surface area contributed by atoms with Crippen LogP contribution in [0.2, 0.25) is 0 Å². The second-order valence-corrected chi connectivity index (χ2v) is 10.6. The smallest absolute Gasteiger partial charge is 0.256 e. The van der Waals surface area contributed by atoms with Crippen molar-refractivity contribution in [2.75, 3.05) is 23.8 Å². The van der Waals surface area contributed by atoms with Crippen LogP contribution in [-0.2, 0) is 10.0 Å². The molecule has 0 radical (unpaired) electrons. The number of carbonyl (C=O) groups excluding carboxylic acids is 1. The Morgan fingerprint density at radius 2 is 1.97 bits per heavy atom. The molecule has 0 aliphatic heterocycles. The van der Waals surface area contributed by atoms with E-state index in [4.69, 9.17) is 5.11 Å². The van der Waals surface area contributed by atoms with E-state index in [0.29, 0.717) is 60.1 Å². The van der Waals surface area contributed by atoms with Crippen LogP contribution in [-0.4, -0.2) is 61.8 Å². The van der Waals surface area contributed by atoms with Crippen molar-refractivity contribution in [1.82, 2.24) is 24.1 Å². The molecular weight excluding hydrogens is 458 g/mol. The fraction of sp³-hybridized carbons (Fsp3) is 0.409. The summed E-state index contributed by atoms with van der Waals surface area (Å²) in [7, 11) is -3.46. The molecule has 0 spiro atoms. The molecule has 2 saturated carbocycles. The van der Waals surface area contributed by atoms with E-state index in [1.807, 2.05) is 0 Å². The molecule has 11 nitrogen and oxygen atoms in total. The maximum Gasteiger partial charge on any atom is 0.256 e. The van der Waals surface area contributed by atoms with Gasteiger partial charge >= 0.3 is 0 Å². The minimum Gasteiger partial charge on any atom is -0.396 e. The number of pyridine rings is 1. The Morgan fingerprint density at radius 3 is 2.71 bits per heavy atom. The molecule has 0 unspecified atom stereocenters. The van der Waals surface area contributed by atoms with Gasteiger partial charge in [0.25, 0.3) is 10.0 Å². The molecule has 3 heterocycles. The molecule has 0 atom stereocenters. The van der Waals surface area contributed by atoms with Crippen molar-refractivity contribution in [3.63, 3.8) is 0 Å². The van der Waals surface area contributed by atoms with E-state index in [9.17, 15) is 13.2 Å². The first kappa shape index (κ1) is 22.4. The van der Waals surface area contributed by atoms with Crippen LogP contribution < -0.4 is 10.6 Å². The van der Waals surface area contributed by atoms with Crippen molar-refractivity contribution in [2.45, 2.75) is 37.4 Å². The fourth-order valence-corrected chi connectivity index (χ4v) is 4.99. The van der Waals surface area contributed by atoms with Crippen LogP contribution in [0.5, 0.6) is 0 Å². The lowest BCUT2D eigenvalue weighted by Crippen LogP contribution is -2.17. The lowest BCUT2D eigenvalue weighted by molar-refractivity contribution is 0.0968. The van der Waals surface area contributed by atoms with Gasteiger partial charge < -0.3 is 15.7 Å². The Balaban J connectivity index is 1.36. The Labute approximate surface area is 196 Å². The van der Waals surface area contributed by atoms with Crippen LogP contribution in [0.4, 0.5) is 17.3 Å². The molecule has 3 aromatic heterocycles. The maximum atomic E-state index is 12.6. The first-order valence-electron chi connectivity index (χ1n) is 11.2. The molecule has 3 N–H and O–H groups in total. The zero-order valence-electron chi connectivity index (χ0n) is 18.4. The van der Waals surface area contributed by atoms with Gasteiger partial charge in [-0.3, -0.25) is 4.79 Å². The van der Waals surface area contributed by atoms with E-state index in [-0.39, 0.29) is 23.6 Å². The third-order valence-electron chi connectivity index (χ3n) is 5.70. The van der Waals surface area contributed by atoms with Crippen molar-refractivity contribution < 1.29 is 18.3 Å². The summed E-state index contributed by atoms with van der Waals surface area (Å²) in [5.41, 5.74) is 1.68. The third kappa shape index (κ3) is 4.77. The highest BCUT2D eigenvalue weighted by Gasteiger charge is 2.37. The molecule has 178 valence electrons. The molecule has 3 aromatic rings. The SMILES string of the molecule is O=C(c1cnc(Nc2ccnc(-c3cnn(S(=O)(=O)C4CC4)c3)n2)cc1NCCCO)C1CC1. The number of nitrogens with one attached hydrogen (secondary N) is 2. The van der Waals surface area contributed by atoms with Gasteiger partial charge in [-0.25, -0.2) is 23.4 Å². The summed E-state index contributed by atoms with van der Waals surface area (Å²) in [6, 6.07) is 3.41. The molecule has 2 aliphatic rings. The number of aliphatic hydroxyl groups is 1. The molecule has 12 heteroatoms. The highest BCUT2D eigenvalue weighted by atomic mass is 32.2. The van der Waals surface area contributed by atoms with Gasteiger partial charge in [0.15, 0.2) is 11.6 Å². The summed E-state index contributed by atoms with van der Waals surface area (Å²) in [6.07, 6.45) is 9.63. The van der Waals surface area contributed by atoms with Crippen molar-refractivity contribution >= 4 is 33.1 Å². The molecule has 0 aromatic carbocycles. The third-order valence-corrected chi connectivity index (χ3v) is 7.74. The number of aliphatic hydroxyl groups excluding tert-OH is 1. The molecule has 0 bridgehead atoms. The highest BCUT2D eigenvalue weighted by Crippen LogP contribution is 2.35. The minimum absolute atomic E-state index is 0.0529. The van der Waals surface area contributed by atoms with E-state index in [0.717, 1.165) is 16.9 Å². The summed E-state index contributed by atoms with van der Waals surface area (Å²) in [5.74, 6) is 1.40. The number of rotatable bonds is 11. The summed E-state index contributed by atoms with van der Waals surface area (Å²) >= 11 is 0. The van der Waals surface area contributed by atoms with Gasteiger partial charge in [0.05, 0.1) is 34.5 Å². The number of anilines is 3. The zero-order chi connectivity index (χ0) is 23.7. The van der Waals surface area contributed by atoms with Gasteiger partial charge in [0.1, 0.15) is 11.6 Å². The van der Waals surface area contributed by atoms with Crippen molar-refractivity contribution in [3.05, 3.63) is 42.5 Å². The fourth-order valence-electron chi connectivity index (χ4n) is 3.51. The van der Waals surface area contributed by atoms with Gasteiger partial charge in [0, 0.05) is 37.5 Å². The Hall–Kier alpha value is -3.38. The van der Waals surface area contributed by atoms with Crippen LogP contribution in [0.15, 0.2) is 36.9 Å². The van der Waals surface area contributed by atoms with E-state index in [1.54, 1.807) is 24.5 Å². The van der Waals surface area contributed by atoms with Crippen molar-refractivity contribution in [1.29, 1.82) is 0 Å². The number of hydrogen-bond acceptors (Lipinski definition) is 10. The lowest BCUT2D eigenvalue weighted by Gasteiger charge is -2.13. The Bertz CT molecular complexity index is 1320. The molecule has 0 amide bonds. The van der Waals surface area contributed by atoms with Crippen LogP contribution in [0, 0.1) is 5.92 Å². The molecular formula is C22H25N7O4S. The van der Waals surface area contributed by atoms with Crippen LogP contribution in [0.25, 0.3) is 11.4 Å². The second-order valence-electron chi connectivity index (χ2n) is 8.49. The average molecular weight is 484 g/mol. The van der Waals surface area contributed by atoms with Gasteiger partial charge in [-0.2, -0.15) is 9.19 Å². The normalized spacial score (nSPS) is 15.8. The van der Waals surface area contributed by atoms with Crippen LogP contribution in [0.1, 0.15) is 42.5 Å². The van der Waals surface area contributed by atoms with Crippen molar-refractivity contribution in [2.24, 2.45) is 5.92 Å². The first-order valence-corrected chi connectivity index (χ1v) is 12.7. The molecule has 2 fully saturated rings. The number of ketones is 1. The average Bonchev–Trinajstić information content (AvgIpc) is 3.76. The van der Waals surface area contributed by atoms with Gasteiger partial charge in [0.2, 0.25) is 0 Å². The second kappa shape index (κ2) is 9.11. The molecule has 2 aliphatic carbocycles. The first-order chi connectivity index (χ1) is 16.5. The van der Waals surface area contributed by atoms with E-state index in [2.05, 4.69) is 30.7 Å². The van der Waals surface area contributed by atoms with Gasteiger partial charge in [-0.05, 0) is 38.2 Å². The van der Waals surface area contributed by atoms with Gasteiger partial charge in [-0.1, -0.05) is 0 Å². The number of nitrogens with zero attached hydrogens (tertiary/aromatic N) is 5. The number of Topliss-reactive ketones (excluding diaryl/α,β-unsaturated/α-hetero) is 1. The quantitative estimate of drug-likeness (QED) is 0.273. The Kier molecular flexibility index (Phi) is 6.00.